The van der Waals surface area contributed by atoms with E-state index in [1.54, 1.807) is 0 Å². The van der Waals surface area contributed by atoms with E-state index in [4.69, 9.17) is 5.11 Å². The van der Waals surface area contributed by atoms with Gasteiger partial charge in [0.15, 0.2) is 0 Å². The molecule has 3 saturated carbocycles. The largest absolute Gasteiger partial charge is 0.480 e. The minimum atomic E-state index is -0.743. The Morgan fingerprint density at radius 1 is 1.15 bits per heavy atom. The molecule has 0 aliphatic heterocycles. The second kappa shape index (κ2) is 5.72. The molecule has 0 bridgehead atoms. The molecule has 0 aromatic rings. The number of hydrogen-bond donors (Lipinski definition) is 2. The quantitative estimate of drug-likeness (QED) is 0.736. The normalized spacial score (nSPS) is 29.6. The Morgan fingerprint density at radius 2 is 1.85 bits per heavy atom. The van der Waals surface area contributed by atoms with Gasteiger partial charge in [0.25, 0.3) is 0 Å². The van der Waals surface area contributed by atoms with Crippen molar-refractivity contribution in [1.29, 1.82) is 0 Å². The Kier molecular flexibility index (Phi) is 3.96. The molecular formula is C15H24N2O3. The van der Waals surface area contributed by atoms with Crippen LogP contribution in [0.1, 0.15) is 44.9 Å². The second-order valence-corrected chi connectivity index (χ2v) is 6.73. The van der Waals surface area contributed by atoms with Crippen LogP contribution in [0.15, 0.2) is 0 Å². The first-order chi connectivity index (χ1) is 9.61. The van der Waals surface area contributed by atoms with Crippen LogP contribution in [0.2, 0.25) is 0 Å². The van der Waals surface area contributed by atoms with Crippen LogP contribution in [0.3, 0.4) is 0 Å². The van der Waals surface area contributed by atoms with Crippen molar-refractivity contribution in [2.75, 3.05) is 13.1 Å². The fourth-order valence-corrected chi connectivity index (χ4v) is 3.14. The summed E-state index contributed by atoms with van der Waals surface area (Å²) in [6, 6.07) is 0.613. The van der Waals surface area contributed by atoms with E-state index in [9.17, 15) is 9.59 Å². The van der Waals surface area contributed by atoms with Gasteiger partial charge in [-0.25, -0.2) is 0 Å². The van der Waals surface area contributed by atoms with Crippen molar-refractivity contribution in [1.82, 2.24) is 10.2 Å². The summed E-state index contributed by atoms with van der Waals surface area (Å²) in [5.74, 6) is 0.424. The lowest BCUT2D eigenvalue weighted by Gasteiger charge is -2.43. The third-order valence-electron chi connectivity index (χ3n) is 4.98. The first kappa shape index (κ1) is 13.9. The lowest BCUT2D eigenvalue weighted by Crippen LogP contribution is -2.56. The number of aliphatic carboxylic acids is 1. The number of rotatable bonds is 7. The van der Waals surface area contributed by atoms with E-state index in [1.165, 1.54) is 19.3 Å². The smallest absolute Gasteiger partial charge is 0.317 e. The summed E-state index contributed by atoms with van der Waals surface area (Å²) >= 11 is 0. The van der Waals surface area contributed by atoms with Crippen molar-refractivity contribution in [2.24, 2.45) is 11.8 Å². The van der Waals surface area contributed by atoms with Crippen molar-refractivity contribution in [2.45, 2.75) is 57.0 Å². The van der Waals surface area contributed by atoms with E-state index in [0.717, 1.165) is 32.2 Å². The Hall–Kier alpha value is -1.10. The number of nitrogens with one attached hydrogen (secondary N) is 1. The Labute approximate surface area is 119 Å². The van der Waals surface area contributed by atoms with Gasteiger partial charge in [0, 0.05) is 24.5 Å². The lowest BCUT2D eigenvalue weighted by molar-refractivity contribution is -0.140. The molecule has 0 saturated heterocycles. The van der Waals surface area contributed by atoms with Crippen LogP contribution in [0, 0.1) is 11.8 Å². The third kappa shape index (κ3) is 3.32. The molecule has 0 aromatic heterocycles. The maximum Gasteiger partial charge on any atom is 0.317 e. The van der Waals surface area contributed by atoms with Gasteiger partial charge in [-0.15, -0.1) is 0 Å². The average Bonchev–Trinajstić information content (AvgIpc) is 3.02. The molecule has 0 radical (unpaired) electrons. The van der Waals surface area contributed by atoms with Gasteiger partial charge in [-0.05, 0) is 44.4 Å². The van der Waals surface area contributed by atoms with E-state index < -0.39 is 5.97 Å². The van der Waals surface area contributed by atoms with Gasteiger partial charge in [0.1, 0.15) is 0 Å². The molecule has 112 valence electrons. The summed E-state index contributed by atoms with van der Waals surface area (Å²) in [4.78, 5) is 24.9. The van der Waals surface area contributed by atoms with Crippen LogP contribution in [0.5, 0.6) is 0 Å². The van der Waals surface area contributed by atoms with Gasteiger partial charge in [-0.3, -0.25) is 14.5 Å². The molecule has 5 heteroatoms. The van der Waals surface area contributed by atoms with Gasteiger partial charge < -0.3 is 10.4 Å². The number of amides is 1. The van der Waals surface area contributed by atoms with E-state index >= 15 is 0 Å². The highest BCUT2D eigenvalue weighted by Crippen LogP contribution is 2.34. The number of carbonyl (C=O) groups excluding carboxylic acids is 1. The van der Waals surface area contributed by atoms with E-state index in [0.29, 0.717) is 12.0 Å². The van der Waals surface area contributed by atoms with Crippen LogP contribution < -0.4 is 5.32 Å². The molecule has 0 heterocycles. The number of carboxylic acids is 1. The second-order valence-electron chi connectivity index (χ2n) is 6.73. The molecule has 0 atom stereocenters. The van der Waals surface area contributed by atoms with Gasteiger partial charge in [-0.2, -0.15) is 0 Å². The number of carbonyl (C=O) groups is 2. The fourth-order valence-electron chi connectivity index (χ4n) is 3.14. The first-order valence-corrected chi connectivity index (χ1v) is 7.88. The summed E-state index contributed by atoms with van der Waals surface area (Å²) in [5.41, 5.74) is 0. The van der Waals surface area contributed by atoms with Gasteiger partial charge in [0.2, 0.25) is 5.91 Å². The molecule has 3 fully saturated rings. The highest BCUT2D eigenvalue weighted by atomic mass is 16.4. The first-order valence-electron chi connectivity index (χ1n) is 7.88. The summed E-state index contributed by atoms with van der Waals surface area (Å²) < 4.78 is 0. The molecule has 0 spiro atoms. The molecule has 1 amide bonds. The summed E-state index contributed by atoms with van der Waals surface area (Å²) in [6.45, 7) is 1.06. The van der Waals surface area contributed by atoms with E-state index in [1.807, 2.05) is 0 Å². The predicted molar refractivity (Wildman–Crippen MR) is 74.2 cm³/mol. The van der Waals surface area contributed by atoms with Crippen molar-refractivity contribution in [3.8, 4) is 0 Å². The number of carboxylic acid groups (broad SMARTS) is 1. The van der Waals surface area contributed by atoms with Gasteiger partial charge in [0.05, 0.1) is 6.54 Å². The van der Waals surface area contributed by atoms with Gasteiger partial charge >= 0.3 is 5.97 Å². The van der Waals surface area contributed by atoms with E-state index in [-0.39, 0.29) is 24.4 Å². The maximum atomic E-state index is 11.9. The Morgan fingerprint density at radius 3 is 2.35 bits per heavy atom. The minimum absolute atomic E-state index is 0.143. The number of nitrogens with zero attached hydrogens (tertiary/aromatic N) is 1. The summed E-state index contributed by atoms with van der Waals surface area (Å²) in [6.07, 6.45) is 7.56. The molecule has 2 N–H and O–H groups in total. The van der Waals surface area contributed by atoms with Gasteiger partial charge in [-0.1, -0.05) is 6.42 Å². The molecule has 20 heavy (non-hydrogen) atoms. The Balaban J connectivity index is 1.41. The highest BCUT2D eigenvalue weighted by Gasteiger charge is 2.38. The fraction of sp³-hybridized carbons (Fsp3) is 0.867. The topological polar surface area (TPSA) is 69.6 Å². The summed E-state index contributed by atoms with van der Waals surface area (Å²) in [7, 11) is 0. The average molecular weight is 280 g/mol. The van der Waals surface area contributed by atoms with E-state index in [2.05, 4.69) is 10.2 Å². The molecule has 0 unspecified atom stereocenters. The number of hydrogen-bond acceptors (Lipinski definition) is 3. The zero-order chi connectivity index (χ0) is 14.1. The molecule has 5 nitrogen and oxygen atoms in total. The van der Waals surface area contributed by atoms with Crippen LogP contribution in [0.4, 0.5) is 0 Å². The van der Waals surface area contributed by atoms with Crippen molar-refractivity contribution < 1.29 is 14.7 Å². The zero-order valence-corrected chi connectivity index (χ0v) is 11.9. The predicted octanol–water partition coefficient (Wildman–Crippen LogP) is 1.23. The van der Waals surface area contributed by atoms with Crippen molar-refractivity contribution in [3.05, 3.63) is 0 Å². The zero-order valence-electron chi connectivity index (χ0n) is 11.9. The van der Waals surface area contributed by atoms with Crippen LogP contribution in [0.25, 0.3) is 0 Å². The minimum Gasteiger partial charge on any atom is -0.480 e. The highest BCUT2D eigenvalue weighted by molar-refractivity contribution is 5.79. The Bertz CT molecular complexity index is 385. The third-order valence-corrected chi connectivity index (χ3v) is 4.98. The molecule has 0 aromatic carbocycles. The van der Waals surface area contributed by atoms with Crippen LogP contribution in [-0.4, -0.2) is 47.1 Å². The molecule has 3 aliphatic carbocycles. The SMILES string of the molecule is O=C(O)CN(CC1CC1)C1CC(NC(=O)C2CCC2)C1. The standard InChI is InChI=1S/C15H24N2O3/c18-14(19)9-17(8-10-4-5-10)13-6-12(7-13)16-15(20)11-2-1-3-11/h10-13H,1-9H2,(H,16,20)(H,18,19). The van der Waals surface area contributed by atoms with Crippen molar-refractivity contribution >= 4 is 11.9 Å². The monoisotopic (exact) mass is 280 g/mol. The van der Waals surface area contributed by atoms with Crippen molar-refractivity contribution in [3.63, 3.8) is 0 Å². The van der Waals surface area contributed by atoms with Crippen LogP contribution >= 0.6 is 0 Å². The lowest BCUT2D eigenvalue weighted by atomic mass is 9.81. The molecule has 3 aliphatic rings. The summed E-state index contributed by atoms with van der Waals surface area (Å²) in [5, 5.41) is 12.1. The van der Waals surface area contributed by atoms with Crippen LogP contribution in [-0.2, 0) is 9.59 Å². The molecule has 3 rings (SSSR count). The molecular weight excluding hydrogens is 256 g/mol. The maximum absolute atomic E-state index is 11.9.